The Morgan fingerprint density at radius 1 is 1.19 bits per heavy atom. The first-order valence-electron chi connectivity index (χ1n) is 8.06. The average molecular weight is 352 g/mol. The van der Waals surface area contributed by atoms with Crippen molar-refractivity contribution in [2.45, 2.75) is 46.6 Å². The van der Waals surface area contributed by atoms with E-state index in [0.29, 0.717) is 0 Å². The summed E-state index contributed by atoms with van der Waals surface area (Å²) < 4.78 is 3.51. The number of rotatable bonds is 8. The molecule has 4 heteroatoms. The van der Waals surface area contributed by atoms with Crippen LogP contribution in [0, 0.1) is 0 Å². The van der Waals surface area contributed by atoms with E-state index in [1.54, 1.807) is 0 Å². The molecule has 0 spiro atoms. The molecule has 0 radical (unpaired) electrons. The minimum absolute atomic E-state index is 1.03. The van der Waals surface area contributed by atoms with Gasteiger partial charge in [0.15, 0.2) is 0 Å². The fourth-order valence-corrected chi connectivity index (χ4v) is 3.06. The van der Waals surface area contributed by atoms with E-state index in [0.717, 1.165) is 42.6 Å². The van der Waals surface area contributed by atoms with Gasteiger partial charge >= 0.3 is 0 Å². The van der Waals surface area contributed by atoms with E-state index in [9.17, 15) is 0 Å². The van der Waals surface area contributed by atoms with Crippen LogP contribution < -0.4 is 0 Å². The molecule has 1 aromatic carbocycles. The lowest BCUT2D eigenvalue weighted by molar-refractivity contribution is 0.290. The normalized spacial score (nSPS) is 11.7. The SMILES string of the molecule is CCCCc1nc2cc(Br)ccc2n1CCN(CC)CC. The Hall–Kier alpha value is -0.870. The molecule has 1 heterocycles. The zero-order chi connectivity index (χ0) is 15.2. The van der Waals surface area contributed by atoms with Crippen molar-refractivity contribution in [3.05, 3.63) is 28.5 Å². The molecule has 2 rings (SSSR count). The molecule has 0 aliphatic heterocycles. The molecule has 1 aromatic heterocycles. The lowest BCUT2D eigenvalue weighted by atomic mass is 10.2. The predicted octanol–water partition coefficient (Wildman–Crippen LogP) is 4.48. The molecule has 0 fully saturated rings. The maximum Gasteiger partial charge on any atom is 0.109 e. The van der Waals surface area contributed by atoms with Gasteiger partial charge in [-0.2, -0.15) is 0 Å². The van der Waals surface area contributed by atoms with Crippen LogP contribution in [0.25, 0.3) is 11.0 Å². The summed E-state index contributed by atoms with van der Waals surface area (Å²) in [5, 5.41) is 0. The van der Waals surface area contributed by atoms with Crippen molar-refractivity contribution in [2.75, 3.05) is 19.6 Å². The van der Waals surface area contributed by atoms with E-state index in [1.165, 1.54) is 24.2 Å². The first-order chi connectivity index (χ1) is 10.2. The lowest BCUT2D eigenvalue weighted by Gasteiger charge is -2.19. The Morgan fingerprint density at radius 2 is 1.95 bits per heavy atom. The van der Waals surface area contributed by atoms with Gasteiger partial charge in [0.25, 0.3) is 0 Å². The lowest BCUT2D eigenvalue weighted by Crippen LogP contribution is -2.27. The molecule has 21 heavy (non-hydrogen) atoms. The van der Waals surface area contributed by atoms with Gasteiger partial charge in [-0.05, 0) is 37.7 Å². The van der Waals surface area contributed by atoms with Crippen molar-refractivity contribution >= 4 is 27.0 Å². The molecule has 0 bridgehead atoms. The Balaban J connectivity index is 2.28. The van der Waals surface area contributed by atoms with Gasteiger partial charge in [-0.15, -0.1) is 0 Å². The van der Waals surface area contributed by atoms with Crippen LogP contribution in [-0.2, 0) is 13.0 Å². The molecule has 0 unspecified atom stereocenters. The fraction of sp³-hybridized carbons (Fsp3) is 0.588. The number of nitrogens with zero attached hydrogens (tertiary/aromatic N) is 3. The summed E-state index contributed by atoms with van der Waals surface area (Å²) in [5.74, 6) is 1.23. The van der Waals surface area contributed by atoms with E-state index in [4.69, 9.17) is 4.98 Å². The van der Waals surface area contributed by atoms with Crippen molar-refractivity contribution in [2.24, 2.45) is 0 Å². The highest BCUT2D eigenvalue weighted by Gasteiger charge is 2.11. The molecular weight excluding hydrogens is 326 g/mol. The fourth-order valence-electron chi connectivity index (χ4n) is 2.71. The molecule has 0 aliphatic carbocycles. The van der Waals surface area contributed by atoms with Crippen molar-refractivity contribution < 1.29 is 0 Å². The van der Waals surface area contributed by atoms with Crippen LogP contribution in [0.4, 0.5) is 0 Å². The smallest absolute Gasteiger partial charge is 0.109 e. The van der Waals surface area contributed by atoms with Gasteiger partial charge in [0.05, 0.1) is 11.0 Å². The zero-order valence-electron chi connectivity index (χ0n) is 13.4. The molecule has 0 amide bonds. The van der Waals surface area contributed by atoms with Crippen molar-refractivity contribution in [3.8, 4) is 0 Å². The minimum Gasteiger partial charge on any atom is -0.327 e. The van der Waals surface area contributed by atoms with Crippen molar-refractivity contribution in [3.63, 3.8) is 0 Å². The third-order valence-corrected chi connectivity index (χ3v) is 4.57. The number of fused-ring (bicyclic) bond motifs is 1. The van der Waals surface area contributed by atoms with Gasteiger partial charge in [-0.1, -0.05) is 43.1 Å². The largest absolute Gasteiger partial charge is 0.327 e. The monoisotopic (exact) mass is 351 g/mol. The summed E-state index contributed by atoms with van der Waals surface area (Å²) in [7, 11) is 0. The topological polar surface area (TPSA) is 21.1 Å². The Bertz CT molecular complexity index is 573. The molecular formula is C17H26BrN3. The summed E-state index contributed by atoms with van der Waals surface area (Å²) in [6, 6.07) is 6.42. The molecule has 3 nitrogen and oxygen atoms in total. The molecule has 116 valence electrons. The number of halogens is 1. The van der Waals surface area contributed by atoms with Crippen LogP contribution in [0.15, 0.2) is 22.7 Å². The maximum absolute atomic E-state index is 4.86. The molecule has 2 aromatic rings. The second-order valence-corrected chi connectivity index (χ2v) is 6.36. The van der Waals surface area contributed by atoms with Crippen LogP contribution in [-0.4, -0.2) is 34.1 Å². The maximum atomic E-state index is 4.86. The van der Waals surface area contributed by atoms with E-state index in [2.05, 4.69) is 64.4 Å². The second-order valence-electron chi connectivity index (χ2n) is 5.44. The zero-order valence-corrected chi connectivity index (χ0v) is 15.0. The molecule has 0 saturated heterocycles. The second kappa shape index (κ2) is 7.95. The average Bonchev–Trinajstić information content (AvgIpc) is 2.83. The molecule has 0 saturated carbocycles. The summed E-state index contributed by atoms with van der Waals surface area (Å²) in [6.07, 6.45) is 3.49. The van der Waals surface area contributed by atoms with Crippen LogP contribution in [0.5, 0.6) is 0 Å². The highest BCUT2D eigenvalue weighted by molar-refractivity contribution is 9.10. The summed E-state index contributed by atoms with van der Waals surface area (Å²) in [6.45, 7) is 11.0. The third-order valence-electron chi connectivity index (χ3n) is 4.08. The predicted molar refractivity (Wildman–Crippen MR) is 93.8 cm³/mol. The standard InChI is InChI=1S/C17H26BrN3/c1-4-7-8-17-19-15-13-14(18)9-10-16(15)21(17)12-11-20(5-2)6-3/h9-10,13H,4-8,11-12H2,1-3H3. The van der Waals surface area contributed by atoms with E-state index >= 15 is 0 Å². The first kappa shape index (κ1) is 16.5. The van der Waals surface area contributed by atoms with E-state index in [-0.39, 0.29) is 0 Å². The minimum atomic E-state index is 1.03. The van der Waals surface area contributed by atoms with Crippen LogP contribution in [0.3, 0.4) is 0 Å². The molecule has 0 aliphatic rings. The van der Waals surface area contributed by atoms with E-state index < -0.39 is 0 Å². The van der Waals surface area contributed by atoms with Gasteiger partial charge < -0.3 is 9.47 Å². The Labute approximate surface area is 136 Å². The number of aryl methyl sites for hydroxylation is 1. The number of benzene rings is 1. The Morgan fingerprint density at radius 3 is 2.62 bits per heavy atom. The number of aromatic nitrogens is 2. The summed E-state index contributed by atoms with van der Waals surface area (Å²) >= 11 is 3.55. The first-order valence-corrected chi connectivity index (χ1v) is 8.85. The van der Waals surface area contributed by atoms with Crippen LogP contribution in [0.2, 0.25) is 0 Å². The number of unbranched alkanes of at least 4 members (excludes halogenated alkanes) is 1. The van der Waals surface area contributed by atoms with E-state index in [1.807, 2.05) is 0 Å². The number of likely N-dealkylation sites (N-methyl/N-ethyl adjacent to an activating group) is 1. The molecule has 0 atom stereocenters. The van der Waals surface area contributed by atoms with Gasteiger partial charge in [0.2, 0.25) is 0 Å². The highest BCUT2D eigenvalue weighted by atomic mass is 79.9. The number of hydrogen-bond donors (Lipinski definition) is 0. The quantitative estimate of drug-likeness (QED) is 0.698. The highest BCUT2D eigenvalue weighted by Crippen LogP contribution is 2.22. The number of imidazole rings is 1. The number of hydrogen-bond acceptors (Lipinski definition) is 2. The van der Waals surface area contributed by atoms with Gasteiger partial charge in [-0.3, -0.25) is 0 Å². The Kier molecular flexibility index (Phi) is 6.24. The van der Waals surface area contributed by atoms with Gasteiger partial charge in [0.1, 0.15) is 5.82 Å². The van der Waals surface area contributed by atoms with Crippen LogP contribution in [0.1, 0.15) is 39.4 Å². The molecule has 0 N–H and O–H groups in total. The summed E-state index contributed by atoms with van der Waals surface area (Å²) in [5.41, 5.74) is 2.37. The summed E-state index contributed by atoms with van der Waals surface area (Å²) in [4.78, 5) is 7.32. The van der Waals surface area contributed by atoms with Crippen molar-refractivity contribution in [1.29, 1.82) is 0 Å². The van der Waals surface area contributed by atoms with Crippen molar-refractivity contribution in [1.82, 2.24) is 14.5 Å². The van der Waals surface area contributed by atoms with Gasteiger partial charge in [0, 0.05) is 24.0 Å². The van der Waals surface area contributed by atoms with Crippen LogP contribution >= 0.6 is 15.9 Å². The third kappa shape index (κ3) is 4.07. The van der Waals surface area contributed by atoms with Gasteiger partial charge in [-0.25, -0.2) is 4.98 Å².